The van der Waals surface area contributed by atoms with E-state index in [4.69, 9.17) is 15.7 Å². The molecule has 1 aromatic carbocycles. The van der Waals surface area contributed by atoms with Crippen LogP contribution in [0.25, 0.3) is 11.1 Å². The highest BCUT2D eigenvalue weighted by molar-refractivity contribution is 7.11. The Labute approximate surface area is 110 Å². The zero-order valence-electron chi connectivity index (χ0n) is 10.4. The van der Waals surface area contributed by atoms with Crippen molar-refractivity contribution in [3.8, 4) is 22.9 Å². The molecule has 18 heavy (non-hydrogen) atoms. The predicted molar refractivity (Wildman–Crippen MR) is 74.8 cm³/mol. The molecule has 2 aromatic rings. The Morgan fingerprint density at radius 1 is 1.39 bits per heavy atom. The molecule has 0 atom stereocenters. The van der Waals surface area contributed by atoms with E-state index < -0.39 is 0 Å². The summed E-state index contributed by atoms with van der Waals surface area (Å²) >= 11 is 1.36. The van der Waals surface area contributed by atoms with Crippen LogP contribution in [-0.2, 0) is 6.42 Å². The lowest BCUT2D eigenvalue weighted by atomic mass is 10.0. The van der Waals surface area contributed by atoms with Gasteiger partial charge in [0.05, 0.1) is 12.8 Å². The van der Waals surface area contributed by atoms with Crippen LogP contribution in [0.15, 0.2) is 23.6 Å². The molecule has 2 rings (SSSR count). The Kier molecular flexibility index (Phi) is 3.54. The molecule has 0 amide bonds. The molecule has 0 aliphatic carbocycles. The first-order valence-corrected chi connectivity index (χ1v) is 6.53. The van der Waals surface area contributed by atoms with E-state index >= 15 is 0 Å². The van der Waals surface area contributed by atoms with Crippen molar-refractivity contribution >= 4 is 17.0 Å². The fourth-order valence-corrected chi connectivity index (χ4v) is 2.63. The number of nitrogens with two attached hydrogens (primary N) is 1. The number of thiophene rings is 1. The van der Waals surface area contributed by atoms with Gasteiger partial charge in [0.25, 0.3) is 0 Å². The lowest BCUT2D eigenvalue weighted by Gasteiger charge is -2.10. The molecule has 0 saturated heterocycles. The van der Waals surface area contributed by atoms with E-state index in [1.165, 1.54) is 16.9 Å². The predicted octanol–water partition coefficient (Wildman–Crippen LogP) is 3.44. The van der Waals surface area contributed by atoms with E-state index in [1.54, 1.807) is 7.11 Å². The van der Waals surface area contributed by atoms with Gasteiger partial charge in [-0.2, -0.15) is 5.26 Å². The lowest BCUT2D eigenvalue weighted by molar-refractivity contribution is 0.416. The topological polar surface area (TPSA) is 59.0 Å². The van der Waals surface area contributed by atoms with Crippen molar-refractivity contribution in [3.05, 3.63) is 34.0 Å². The second-order valence-electron chi connectivity index (χ2n) is 3.89. The molecule has 0 fully saturated rings. The SMILES string of the molecule is CCc1ccc(OC)c(-c2csc(C#N)c2N)c1. The van der Waals surface area contributed by atoms with Gasteiger partial charge in [-0.3, -0.25) is 0 Å². The second kappa shape index (κ2) is 5.11. The van der Waals surface area contributed by atoms with Crippen molar-refractivity contribution in [3.63, 3.8) is 0 Å². The van der Waals surface area contributed by atoms with Gasteiger partial charge in [-0.1, -0.05) is 13.0 Å². The number of aryl methyl sites for hydroxylation is 1. The van der Waals surface area contributed by atoms with Gasteiger partial charge in [0.2, 0.25) is 0 Å². The summed E-state index contributed by atoms with van der Waals surface area (Å²) in [6.45, 7) is 2.10. The minimum atomic E-state index is 0.536. The fourth-order valence-electron chi connectivity index (χ4n) is 1.85. The highest BCUT2D eigenvalue weighted by atomic mass is 32.1. The van der Waals surface area contributed by atoms with Crippen LogP contribution in [0.1, 0.15) is 17.4 Å². The van der Waals surface area contributed by atoms with Crippen LogP contribution in [0.4, 0.5) is 5.69 Å². The number of benzene rings is 1. The Morgan fingerprint density at radius 3 is 2.72 bits per heavy atom. The van der Waals surface area contributed by atoms with Gasteiger partial charge in [0.1, 0.15) is 16.7 Å². The third-order valence-electron chi connectivity index (χ3n) is 2.89. The Morgan fingerprint density at radius 2 is 2.17 bits per heavy atom. The van der Waals surface area contributed by atoms with Gasteiger partial charge in [-0.25, -0.2) is 0 Å². The van der Waals surface area contributed by atoms with Crippen molar-refractivity contribution < 1.29 is 4.74 Å². The van der Waals surface area contributed by atoms with E-state index in [1.807, 2.05) is 17.5 Å². The molecule has 0 saturated carbocycles. The van der Waals surface area contributed by atoms with Crippen LogP contribution in [0.5, 0.6) is 5.75 Å². The summed E-state index contributed by atoms with van der Waals surface area (Å²) in [5.74, 6) is 0.779. The molecule has 0 unspecified atom stereocenters. The first-order chi connectivity index (χ1) is 8.71. The number of methoxy groups -OCH3 is 1. The molecule has 4 heteroatoms. The molecule has 2 N–H and O–H groups in total. The number of rotatable bonds is 3. The highest BCUT2D eigenvalue weighted by Gasteiger charge is 2.14. The fraction of sp³-hybridized carbons (Fsp3) is 0.214. The average molecular weight is 258 g/mol. The normalized spacial score (nSPS) is 10.1. The Hall–Kier alpha value is -1.99. The summed E-state index contributed by atoms with van der Waals surface area (Å²) in [6.07, 6.45) is 0.951. The van der Waals surface area contributed by atoms with Crippen molar-refractivity contribution in [2.24, 2.45) is 0 Å². The smallest absolute Gasteiger partial charge is 0.128 e. The van der Waals surface area contributed by atoms with Crippen LogP contribution in [0, 0.1) is 11.3 Å². The van der Waals surface area contributed by atoms with Crippen molar-refractivity contribution in [2.45, 2.75) is 13.3 Å². The van der Waals surface area contributed by atoms with E-state index in [0.717, 1.165) is 23.3 Å². The maximum atomic E-state index is 8.96. The summed E-state index contributed by atoms with van der Waals surface area (Å²) in [4.78, 5) is 0.550. The van der Waals surface area contributed by atoms with Crippen LogP contribution in [0.2, 0.25) is 0 Å². The van der Waals surface area contributed by atoms with Gasteiger partial charge < -0.3 is 10.5 Å². The number of ether oxygens (including phenoxy) is 1. The highest BCUT2D eigenvalue weighted by Crippen LogP contribution is 2.39. The van der Waals surface area contributed by atoms with Gasteiger partial charge in [-0.15, -0.1) is 11.3 Å². The third kappa shape index (κ3) is 2.05. The third-order valence-corrected chi connectivity index (χ3v) is 3.79. The molecule has 0 radical (unpaired) electrons. The quantitative estimate of drug-likeness (QED) is 0.917. The van der Waals surface area contributed by atoms with Crippen LogP contribution < -0.4 is 10.5 Å². The minimum Gasteiger partial charge on any atom is -0.496 e. The monoisotopic (exact) mass is 258 g/mol. The van der Waals surface area contributed by atoms with Gasteiger partial charge in [0.15, 0.2) is 0 Å². The van der Waals surface area contributed by atoms with Crippen molar-refractivity contribution in [1.82, 2.24) is 0 Å². The number of hydrogen-bond acceptors (Lipinski definition) is 4. The van der Waals surface area contributed by atoms with Gasteiger partial charge >= 0.3 is 0 Å². The largest absolute Gasteiger partial charge is 0.496 e. The van der Waals surface area contributed by atoms with Crippen LogP contribution >= 0.6 is 11.3 Å². The summed E-state index contributed by atoms with van der Waals surface area (Å²) in [5.41, 5.74) is 9.58. The second-order valence-corrected chi connectivity index (χ2v) is 4.77. The molecule has 1 aromatic heterocycles. The summed E-state index contributed by atoms with van der Waals surface area (Å²) < 4.78 is 5.36. The van der Waals surface area contributed by atoms with Gasteiger partial charge in [-0.05, 0) is 24.1 Å². The van der Waals surface area contributed by atoms with E-state index in [-0.39, 0.29) is 0 Å². The zero-order chi connectivity index (χ0) is 13.1. The number of anilines is 1. The molecule has 3 nitrogen and oxygen atoms in total. The van der Waals surface area contributed by atoms with Gasteiger partial charge in [0, 0.05) is 16.5 Å². The zero-order valence-corrected chi connectivity index (χ0v) is 11.2. The first kappa shape index (κ1) is 12.5. The molecule has 0 spiro atoms. The number of nitrogen functional groups attached to an aromatic ring is 1. The number of nitrogens with zero attached hydrogens (tertiary/aromatic N) is 1. The molecule has 92 valence electrons. The maximum Gasteiger partial charge on any atom is 0.128 e. The van der Waals surface area contributed by atoms with Crippen LogP contribution in [0.3, 0.4) is 0 Å². The molecule has 0 bridgehead atoms. The number of nitriles is 1. The summed E-state index contributed by atoms with van der Waals surface area (Å²) in [7, 11) is 1.64. The summed E-state index contributed by atoms with van der Waals surface area (Å²) in [6, 6.07) is 8.15. The Bertz CT molecular complexity index is 611. The molecule has 0 aliphatic heterocycles. The van der Waals surface area contributed by atoms with E-state index in [9.17, 15) is 0 Å². The molecular formula is C14H14N2OS. The molecule has 1 heterocycles. The molecular weight excluding hydrogens is 244 g/mol. The summed E-state index contributed by atoms with van der Waals surface area (Å²) in [5, 5.41) is 10.9. The van der Waals surface area contributed by atoms with Crippen molar-refractivity contribution in [1.29, 1.82) is 5.26 Å². The number of hydrogen-bond donors (Lipinski definition) is 1. The van der Waals surface area contributed by atoms with E-state index in [0.29, 0.717) is 10.6 Å². The van der Waals surface area contributed by atoms with Crippen molar-refractivity contribution in [2.75, 3.05) is 12.8 Å². The van der Waals surface area contributed by atoms with E-state index in [2.05, 4.69) is 19.1 Å². The molecule has 0 aliphatic rings. The Balaban J connectivity index is 2.61. The minimum absolute atomic E-state index is 0.536. The first-order valence-electron chi connectivity index (χ1n) is 5.65. The van der Waals surface area contributed by atoms with Crippen LogP contribution in [-0.4, -0.2) is 7.11 Å². The standard InChI is InChI=1S/C14H14N2OS/c1-3-9-4-5-12(17-2)10(6-9)11-8-18-13(7-15)14(11)16/h4-6,8H,3,16H2,1-2H3. The lowest BCUT2D eigenvalue weighted by Crippen LogP contribution is -1.93. The maximum absolute atomic E-state index is 8.96. The average Bonchev–Trinajstić information content (AvgIpc) is 2.78.